The van der Waals surface area contributed by atoms with E-state index in [4.69, 9.17) is 4.74 Å². The van der Waals surface area contributed by atoms with Gasteiger partial charge in [-0.2, -0.15) is 4.31 Å². The van der Waals surface area contributed by atoms with Gasteiger partial charge in [0.05, 0.1) is 0 Å². The minimum absolute atomic E-state index is 0.0606. The van der Waals surface area contributed by atoms with Crippen LogP contribution in [0.3, 0.4) is 0 Å². The van der Waals surface area contributed by atoms with E-state index in [2.05, 4.69) is 0 Å². The third-order valence-corrected chi connectivity index (χ3v) is 6.12. The maximum absolute atomic E-state index is 14.1. The van der Waals surface area contributed by atoms with Crippen LogP contribution in [0.25, 0.3) is 0 Å². The molecule has 1 aliphatic heterocycles. The maximum atomic E-state index is 14.1. The number of piperidine rings is 1. The number of sulfonamides is 1. The van der Waals surface area contributed by atoms with Crippen LogP contribution in [0.5, 0.6) is 0 Å². The molecule has 4 nitrogen and oxygen atoms in total. The summed E-state index contributed by atoms with van der Waals surface area (Å²) in [7, 11) is -2.14. The van der Waals surface area contributed by atoms with E-state index in [-0.39, 0.29) is 10.9 Å². The van der Waals surface area contributed by atoms with Crippen LogP contribution in [-0.2, 0) is 14.8 Å². The Kier molecular flexibility index (Phi) is 5.94. The predicted molar refractivity (Wildman–Crippen MR) is 83.8 cm³/mol. The van der Waals surface area contributed by atoms with Crippen molar-refractivity contribution >= 4 is 10.0 Å². The van der Waals surface area contributed by atoms with Crippen LogP contribution in [0.1, 0.15) is 37.7 Å². The number of nitrogens with zero attached hydrogens (tertiary/aromatic N) is 1. The van der Waals surface area contributed by atoms with Gasteiger partial charge in [0, 0.05) is 26.3 Å². The van der Waals surface area contributed by atoms with Crippen molar-refractivity contribution < 1.29 is 17.5 Å². The second-order valence-electron chi connectivity index (χ2n) is 5.83. The van der Waals surface area contributed by atoms with E-state index in [1.807, 2.05) is 0 Å². The molecule has 1 fully saturated rings. The Balaban J connectivity index is 2.24. The average molecular weight is 329 g/mol. The van der Waals surface area contributed by atoms with Crippen LogP contribution in [0.15, 0.2) is 23.1 Å². The average Bonchev–Trinajstić information content (AvgIpc) is 2.47. The van der Waals surface area contributed by atoms with Gasteiger partial charge in [0.1, 0.15) is 10.7 Å². The highest BCUT2D eigenvalue weighted by molar-refractivity contribution is 7.89. The first-order valence-electron chi connectivity index (χ1n) is 7.73. The summed E-state index contributed by atoms with van der Waals surface area (Å²) >= 11 is 0. The van der Waals surface area contributed by atoms with Gasteiger partial charge in [0.2, 0.25) is 10.0 Å². The first-order valence-corrected chi connectivity index (χ1v) is 9.17. The fourth-order valence-electron chi connectivity index (χ4n) is 2.98. The van der Waals surface area contributed by atoms with Crippen molar-refractivity contribution in [1.82, 2.24) is 4.31 Å². The molecule has 0 saturated carbocycles. The number of benzene rings is 1. The lowest BCUT2D eigenvalue weighted by molar-refractivity contribution is 0.172. The molecule has 1 saturated heterocycles. The van der Waals surface area contributed by atoms with Crippen molar-refractivity contribution in [2.24, 2.45) is 0 Å². The summed E-state index contributed by atoms with van der Waals surface area (Å²) in [6, 6.07) is 4.23. The zero-order chi connectivity index (χ0) is 16.2. The lowest BCUT2D eigenvalue weighted by atomic mass is 10.0. The molecule has 1 unspecified atom stereocenters. The van der Waals surface area contributed by atoms with Crippen molar-refractivity contribution in [3.05, 3.63) is 29.6 Å². The maximum Gasteiger partial charge on any atom is 0.246 e. The van der Waals surface area contributed by atoms with Gasteiger partial charge in [0.15, 0.2) is 0 Å². The number of rotatable bonds is 6. The zero-order valence-electron chi connectivity index (χ0n) is 13.2. The molecule has 0 spiro atoms. The van der Waals surface area contributed by atoms with Gasteiger partial charge in [-0.15, -0.1) is 0 Å². The molecule has 0 radical (unpaired) electrons. The third-order valence-electron chi connectivity index (χ3n) is 4.13. The molecule has 6 heteroatoms. The van der Waals surface area contributed by atoms with Gasteiger partial charge in [-0.05, 0) is 50.3 Å². The molecule has 1 heterocycles. The van der Waals surface area contributed by atoms with E-state index >= 15 is 0 Å². The second-order valence-corrected chi connectivity index (χ2v) is 7.69. The van der Waals surface area contributed by atoms with Crippen LogP contribution in [0, 0.1) is 12.7 Å². The summed E-state index contributed by atoms with van der Waals surface area (Å²) in [5.41, 5.74) is 0.715. The number of hydrogen-bond donors (Lipinski definition) is 0. The van der Waals surface area contributed by atoms with E-state index in [1.54, 1.807) is 20.1 Å². The third kappa shape index (κ3) is 3.86. The first-order chi connectivity index (χ1) is 10.5. The van der Waals surface area contributed by atoms with Crippen molar-refractivity contribution in [3.8, 4) is 0 Å². The van der Waals surface area contributed by atoms with E-state index in [1.165, 1.54) is 16.4 Å². The lowest BCUT2D eigenvalue weighted by Crippen LogP contribution is -2.44. The van der Waals surface area contributed by atoms with Crippen LogP contribution < -0.4 is 0 Å². The molecule has 0 amide bonds. The molecule has 1 aromatic carbocycles. The number of aryl methyl sites for hydroxylation is 1. The highest BCUT2D eigenvalue weighted by atomic mass is 32.2. The minimum atomic E-state index is -3.78. The quantitative estimate of drug-likeness (QED) is 0.754. The molecule has 1 aromatic rings. The minimum Gasteiger partial charge on any atom is -0.385 e. The highest BCUT2D eigenvalue weighted by Crippen LogP contribution is 2.29. The number of halogens is 1. The monoisotopic (exact) mass is 329 g/mol. The number of methoxy groups -OCH3 is 1. The first kappa shape index (κ1) is 17.4. The molecule has 22 heavy (non-hydrogen) atoms. The molecular weight excluding hydrogens is 305 g/mol. The van der Waals surface area contributed by atoms with Crippen molar-refractivity contribution in [1.29, 1.82) is 0 Å². The topological polar surface area (TPSA) is 46.6 Å². The Morgan fingerprint density at radius 3 is 2.82 bits per heavy atom. The summed E-state index contributed by atoms with van der Waals surface area (Å²) in [5.74, 6) is -0.666. The molecule has 0 N–H and O–H groups in total. The van der Waals surface area contributed by atoms with Crippen molar-refractivity contribution in [2.75, 3.05) is 20.3 Å². The highest BCUT2D eigenvalue weighted by Gasteiger charge is 2.34. The van der Waals surface area contributed by atoms with Crippen molar-refractivity contribution in [2.45, 2.75) is 50.0 Å². The molecule has 1 atom stereocenters. The molecule has 124 valence electrons. The summed E-state index contributed by atoms with van der Waals surface area (Å²) in [5, 5.41) is 0. The fourth-order valence-corrected chi connectivity index (χ4v) is 4.75. The standard InChI is InChI=1S/C16H24FNO3S/c1-13-8-9-16(15(17)12-13)22(19,20)18-10-4-3-6-14(18)7-5-11-21-2/h8-9,12,14H,3-7,10-11H2,1-2H3. The lowest BCUT2D eigenvalue weighted by Gasteiger charge is -2.34. The van der Waals surface area contributed by atoms with E-state index in [0.29, 0.717) is 18.7 Å². The normalized spacial score (nSPS) is 20.2. The summed E-state index contributed by atoms with van der Waals surface area (Å²) in [6.45, 7) is 2.82. The van der Waals surface area contributed by atoms with Crippen molar-refractivity contribution in [3.63, 3.8) is 0 Å². The summed E-state index contributed by atoms with van der Waals surface area (Å²) in [6.07, 6.45) is 4.23. The number of ether oxygens (including phenoxy) is 1. The van der Waals surface area contributed by atoms with Gasteiger partial charge in [-0.3, -0.25) is 0 Å². The van der Waals surface area contributed by atoms with E-state index < -0.39 is 15.8 Å². The van der Waals surface area contributed by atoms with Gasteiger partial charge in [-0.1, -0.05) is 12.5 Å². The molecule has 0 aromatic heterocycles. The van der Waals surface area contributed by atoms with E-state index in [9.17, 15) is 12.8 Å². The fraction of sp³-hybridized carbons (Fsp3) is 0.625. The molecule has 1 aliphatic rings. The second kappa shape index (κ2) is 7.53. The molecule has 2 rings (SSSR count). The predicted octanol–water partition coefficient (Wildman–Crippen LogP) is 3.10. The molecular formula is C16H24FNO3S. The largest absolute Gasteiger partial charge is 0.385 e. The Hall–Kier alpha value is -0.980. The summed E-state index contributed by atoms with van der Waals surface area (Å²) < 4.78 is 46.3. The Labute approximate surface area is 132 Å². The Morgan fingerprint density at radius 2 is 2.14 bits per heavy atom. The van der Waals surface area contributed by atoms with E-state index in [0.717, 1.165) is 32.1 Å². The Morgan fingerprint density at radius 1 is 1.36 bits per heavy atom. The van der Waals surface area contributed by atoms with Gasteiger partial charge in [-0.25, -0.2) is 12.8 Å². The van der Waals surface area contributed by atoms with Crippen LogP contribution in [-0.4, -0.2) is 39.0 Å². The Bertz CT molecular complexity index is 603. The molecule has 0 aliphatic carbocycles. The summed E-state index contributed by atoms with van der Waals surface area (Å²) in [4.78, 5) is -0.211. The number of hydrogen-bond acceptors (Lipinski definition) is 3. The van der Waals surface area contributed by atoms with Crippen LogP contribution in [0.2, 0.25) is 0 Å². The van der Waals surface area contributed by atoms with Gasteiger partial charge in [0.25, 0.3) is 0 Å². The van der Waals surface area contributed by atoms with Gasteiger partial charge < -0.3 is 4.74 Å². The van der Waals surface area contributed by atoms with Crippen LogP contribution in [0.4, 0.5) is 4.39 Å². The SMILES string of the molecule is COCCCC1CCCCN1S(=O)(=O)c1ccc(C)cc1F. The van der Waals surface area contributed by atoms with Gasteiger partial charge >= 0.3 is 0 Å². The zero-order valence-corrected chi connectivity index (χ0v) is 14.0. The molecule has 0 bridgehead atoms. The smallest absolute Gasteiger partial charge is 0.246 e. The van der Waals surface area contributed by atoms with Crippen LogP contribution >= 0.6 is 0 Å².